The van der Waals surface area contributed by atoms with Crippen LogP contribution in [0.15, 0.2) is 18.6 Å². The molecule has 5 nitrogen and oxygen atoms in total. The van der Waals surface area contributed by atoms with Crippen molar-refractivity contribution in [3.63, 3.8) is 0 Å². The first-order chi connectivity index (χ1) is 7.24. The standard InChI is InChI=1S/C10H9N5/c1-7-6-12-9(5-11)10(8(7)2)15-13-3-4-14-15/h3-4,6H,1-2H3. The minimum atomic E-state index is 0.342. The maximum absolute atomic E-state index is 8.95. The summed E-state index contributed by atoms with van der Waals surface area (Å²) in [6.45, 7) is 3.87. The van der Waals surface area contributed by atoms with Crippen LogP contribution in [0.1, 0.15) is 16.8 Å². The molecule has 2 heterocycles. The van der Waals surface area contributed by atoms with Crippen LogP contribution in [-0.4, -0.2) is 20.0 Å². The molecular weight excluding hydrogens is 190 g/mol. The van der Waals surface area contributed by atoms with E-state index in [4.69, 9.17) is 5.26 Å². The molecule has 0 aliphatic carbocycles. The molecule has 5 heteroatoms. The smallest absolute Gasteiger partial charge is 0.168 e. The summed E-state index contributed by atoms with van der Waals surface area (Å²) in [5.74, 6) is 0. The Morgan fingerprint density at radius 2 is 1.93 bits per heavy atom. The van der Waals surface area contributed by atoms with Gasteiger partial charge in [-0.2, -0.15) is 15.5 Å². The number of aromatic nitrogens is 4. The minimum absolute atomic E-state index is 0.342. The lowest BCUT2D eigenvalue weighted by atomic mass is 10.1. The van der Waals surface area contributed by atoms with E-state index >= 15 is 0 Å². The molecule has 0 atom stereocenters. The van der Waals surface area contributed by atoms with Gasteiger partial charge in [-0.1, -0.05) is 0 Å². The van der Waals surface area contributed by atoms with Crippen LogP contribution >= 0.6 is 0 Å². The van der Waals surface area contributed by atoms with Gasteiger partial charge in [0, 0.05) is 6.20 Å². The zero-order valence-corrected chi connectivity index (χ0v) is 8.47. The molecule has 0 fully saturated rings. The molecule has 2 rings (SSSR count). The average molecular weight is 199 g/mol. The lowest BCUT2D eigenvalue weighted by Crippen LogP contribution is -2.07. The van der Waals surface area contributed by atoms with E-state index < -0.39 is 0 Å². The first kappa shape index (κ1) is 9.34. The van der Waals surface area contributed by atoms with Gasteiger partial charge in [0.05, 0.1) is 12.4 Å². The van der Waals surface area contributed by atoms with E-state index in [0.717, 1.165) is 11.1 Å². The second kappa shape index (κ2) is 3.50. The molecule has 0 radical (unpaired) electrons. The van der Waals surface area contributed by atoms with Crippen molar-refractivity contribution in [1.29, 1.82) is 5.26 Å². The van der Waals surface area contributed by atoms with Crippen molar-refractivity contribution in [1.82, 2.24) is 20.0 Å². The van der Waals surface area contributed by atoms with E-state index in [1.54, 1.807) is 18.6 Å². The van der Waals surface area contributed by atoms with Crippen LogP contribution in [0.2, 0.25) is 0 Å². The zero-order valence-electron chi connectivity index (χ0n) is 8.47. The Balaban J connectivity index is 2.74. The minimum Gasteiger partial charge on any atom is -0.243 e. The molecule has 0 bridgehead atoms. The number of rotatable bonds is 1. The number of aryl methyl sites for hydroxylation is 1. The van der Waals surface area contributed by atoms with Crippen LogP contribution in [-0.2, 0) is 0 Å². The molecule has 15 heavy (non-hydrogen) atoms. The molecule has 74 valence electrons. The summed E-state index contributed by atoms with van der Waals surface area (Å²) in [4.78, 5) is 5.48. The molecule has 2 aromatic rings. The second-order valence-corrected chi connectivity index (χ2v) is 3.19. The van der Waals surface area contributed by atoms with Crippen molar-refractivity contribution in [3.8, 4) is 11.8 Å². The van der Waals surface area contributed by atoms with Gasteiger partial charge in [-0.25, -0.2) is 4.98 Å². The third kappa shape index (κ3) is 1.46. The van der Waals surface area contributed by atoms with Crippen molar-refractivity contribution < 1.29 is 0 Å². The fraction of sp³-hybridized carbons (Fsp3) is 0.200. The van der Waals surface area contributed by atoms with E-state index in [1.807, 2.05) is 19.9 Å². The lowest BCUT2D eigenvalue weighted by molar-refractivity contribution is 0.739. The average Bonchev–Trinajstić information content (AvgIpc) is 2.75. The number of nitriles is 1. The molecule has 2 aromatic heterocycles. The van der Waals surface area contributed by atoms with Gasteiger partial charge < -0.3 is 0 Å². The molecule has 0 spiro atoms. The van der Waals surface area contributed by atoms with Crippen LogP contribution in [0.3, 0.4) is 0 Å². The van der Waals surface area contributed by atoms with E-state index in [1.165, 1.54) is 4.80 Å². The third-order valence-electron chi connectivity index (χ3n) is 2.28. The molecule has 0 unspecified atom stereocenters. The van der Waals surface area contributed by atoms with Crippen LogP contribution in [0, 0.1) is 25.2 Å². The number of hydrogen-bond acceptors (Lipinski definition) is 4. The number of nitrogens with zero attached hydrogens (tertiary/aromatic N) is 5. The van der Waals surface area contributed by atoms with Crippen LogP contribution in [0.5, 0.6) is 0 Å². The lowest BCUT2D eigenvalue weighted by Gasteiger charge is -2.07. The quantitative estimate of drug-likeness (QED) is 0.691. The van der Waals surface area contributed by atoms with E-state index in [-0.39, 0.29) is 0 Å². The largest absolute Gasteiger partial charge is 0.243 e. The zero-order chi connectivity index (χ0) is 10.8. The van der Waals surface area contributed by atoms with Gasteiger partial charge in [-0.3, -0.25) is 0 Å². The number of hydrogen-bond donors (Lipinski definition) is 0. The predicted octanol–water partition coefficient (Wildman–Crippen LogP) is 1.15. The highest BCUT2D eigenvalue weighted by atomic mass is 15.5. The molecular formula is C10H9N5. The van der Waals surface area contributed by atoms with Crippen LogP contribution in [0.4, 0.5) is 0 Å². The highest BCUT2D eigenvalue weighted by Gasteiger charge is 2.12. The normalized spacial score (nSPS) is 9.93. The molecule has 0 aromatic carbocycles. The SMILES string of the molecule is Cc1cnc(C#N)c(-n2nccn2)c1C. The Hall–Kier alpha value is -2.22. The van der Waals surface area contributed by atoms with Crippen LogP contribution in [0.25, 0.3) is 5.69 Å². The topological polar surface area (TPSA) is 67.4 Å². The Kier molecular flexibility index (Phi) is 2.18. The van der Waals surface area contributed by atoms with Gasteiger partial charge in [-0.05, 0) is 25.0 Å². The van der Waals surface area contributed by atoms with Crippen molar-refractivity contribution in [2.45, 2.75) is 13.8 Å². The van der Waals surface area contributed by atoms with Crippen molar-refractivity contribution in [3.05, 3.63) is 35.4 Å². The van der Waals surface area contributed by atoms with Crippen LogP contribution < -0.4 is 0 Å². The van der Waals surface area contributed by atoms with Crippen molar-refractivity contribution >= 4 is 0 Å². The van der Waals surface area contributed by atoms with Gasteiger partial charge in [-0.15, -0.1) is 4.80 Å². The molecule has 0 amide bonds. The molecule has 0 saturated heterocycles. The predicted molar refractivity (Wildman–Crippen MR) is 53.3 cm³/mol. The monoisotopic (exact) mass is 199 g/mol. The fourth-order valence-electron chi connectivity index (χ4n) is 1.34. The second-order valence-electron chi connectivity index (χ2n) is 3.19. The Morgan fingerprint density at radius 1 is 1.27 bits per heavy atom. The Morgan fingerprint density at radius 3 is 2.53 bits per heavy atom. The highest BCUT2D eigenvalue weighted by molar-refractivity contribution is 5.50. The first-order valence-corrected chi connectivity index (χ1v) is 4.47. The molecule has 0 aliphatic heterocycles. The van der Waals surface area contributed by atoms with Gasteiger partial charge in [0.2, 0.25) is 0 Å². The first-order valence-electron chi connectivity index (χ1n) is 4.47. The number of pyridine rings is 1. The van der Waals surface area contributed by atoms with Crippen molar-refractivity contribution in [2.75, 3.05) is 0 Å². The van der Waals surface area contributed by atoms with E-state index in [9.17, 15) is 0 Å². The van der Waals surface area contributed by atoms with Gasteiger partial charge in [0.25, 0.3) is 0 Å². The third-order valence-corrected chi connectivity index (χ3v) is 2.28. The summed E-state index contributed by atoms with van der Waals surface area (Å²) in [5.41, 5.74) is 2.98. The Bertz CT molecular complexity index is 521. The summed E-state index contributed by atoms with van der Waals surface area (Å²) in [5, 5.41) is 17.0. The van der Waals surface area contributed by atoms with E-state index in [2.05, 4.69) is 15.2 Å². The highest BCUT2D eigenvalue weighted by Crippen LogP contribution is 2.17. The maximum Gasteiger partial charge on any atom is 0.168 e. The molecule has 0 aliphatic rings. The summed E-state index contributed by atoms with van der Waals surface area (Å²) < 4.78 is 0. The van der Waals surface area contributed by atoms with Gasteiger partial charge in [0.15, 0.2) is 5.69 Å². The van der Waals surface area contributed by atoms with Crippen molar-refractivity contribution in [2.24, 2.45) is 0 Å². The summed E-state index contributed by atoms with van der Waals surface area (Å²) in [7, 11) is 0. The Labute approximate surface area is 87.0 Å². The fourth-order valence-corrected chi connectivity index (χ4v) is 1.34. The molecule has 0 saturated carbocycles. The maximum atomic E-state index is 8.95. The van der Waals surface area contributed by atoms with Gasteiger partial charge in [0.1, 0.15) is 11.8 Å². The summed E-state index contributed by atoms with van der Waals surface area (Å²) in [6.07, 6.45) is 4.83. The summed E-state index contributed by atoms with van der Waals surface area (Å²) >= 11 is 0. The molecule has 0 N–H and O–H groups in total. The van der Waals surface area contributed by atoms with E-state index in [0.29, 0.717) is 11.4 Å². The summed E-state index contributed by atoms with van der Waals surface area (Å²) in [6, 6.07) is 2.04. The van der Waals surface area contributed by atoms with Gasteiger partial charge >= 0.3 is 0 Å².